The predicted molar refractivity (Wildman–Crippen MR) is 115 cm³/mol. The molecule has 0 saturated heterocycles. The molecule has 0 bridgehead atoms. The minimum absolute atomic E-state index is 0.0757. The fourth-order valence-corrected chi connectivity index (χ4v) is 4.45. The molecule has 3 atom stereocenters. The number of nitrogens with one attached hydrogen (secondary N) is 4. The number of hydrogen-bond acceptors (Lipinski definition) is 6. The SMILES string of the molecule is CCNC(=O)CC1CCCC(Nc2nc(C3=CNC4NC=C(Cl)C=C34)ncc2F)C1. The minimum Gasteiger partial charge on any atom is -0.367 e. The Morgan fingerprint density at radius 2 is 2.17 bits per heavy atom. The van der Waals surface area contributed by atoms with Crippen LogP contribution in [0.25, 0.3) is 5.57 Å². The number of rotatable bonds is 6. The molecule has 1 aromatic rings. The fourth-order valence-electron chi connectivity index (χ4n) is 4.27. The highest BCUT2D eigenvalue weighted by Crippen LogP contribution is 2.32. The Balaban J connectivity index is 1.46. The molecule has 1 fully saturated rings. The predicted octanol–water partition coefficient (Wildman–Crippen LogP) is 2.99. The van der Waals surface area contributed by atoms with Crippen LogP contribution in [-0.2, 0) is 4.79 Å². The van der Waals surface area contributed by atoms with Crippen molar-refractivity contribution < 1.29 is 9.18 Å². The third-order valence-electron chi connectivity index (χ3n) is 5.65. The third kappa shape index (κ3) is 4.59. The molecule has 0 aromatic carbocycles. The van der Waals surface area contributed by atoms with Crippen molar-refractivity contribution in [1.82, 2.24) is 25.9 Å². The third-order valence-corrected chi connectivity index (χ3v) is 5.87. The van der Waals surface area contributed by atoms with E-state index in [4.69, 9.17) is 11.6 Å². The molecular weight excluding hydrogens is 407 g/mol. The van der Waals surface area contributed by atoms with Gasteiger partial charge in [-0.05, 0) is 38.2 Å². The van der Waals surface area contributed by atoms with Crippen LogP contribution in [0.2, 0.25) is 0 Å². The van der Waals surface area contributed by atoms with E-state index in [9.17, 15) is 9.18 Å². The Kier molecular flexibility index (Phi) is 6.22. The summed E-state index contributed by atoms with van der Waals surface area (Å²) in [4.78, 5) is 20.6. The number of allylic oxidation sites excluding steroid dienone is 2. The number of anilines is 1. The van der Waals surface area contributed by atoms with Crippen molar-refractivity contribution in [3.63, 3.8) is 0 Å². The maximum absolute atomic E-state index is 14.5. The molecule has 2 aliphatic heterocycles. The molecule has 160 valence electrons. The highest BCUT2D eigenvalue weighted by atomic mass is 35.5. The van der Waals surface area contributed by atoms with Gasteiger partial charge in [0.1, 0.15) is 6.17 Å². The van der Waals surface area contributed by atoms with Crippen molar-refractivity contribution in [3.8, 4) is 0 Å². The van der Waals surface area contributed by atoms with Crippen LogP contribution in [0.1, 0.15) is 44.9 Å². The molecule has 3 heterocycles. The van der Waals surface area contributed by atoms with E-state index in [0.717, 1.165) is 36.8 Å². The van der Waals surface area contributed by atoms with Crippen LogP contribution in [0.3, 0.4) is 0 Å². The van der Waals surface area contributed by atoms with E-state index >= 15 is 0 Å². The molecular formula is C21H26ClFN6O. The summed E-state index contributed by atoms with van der Waals surface area (Å²) >= 11 is 6.12. The molecule has 7 nitrogen and oxygen atoms in total. The summed E-state index contributed by atoms with van der Waals surface area (Å²) in [5.41, 5.74) is 1.69. The summed E-state index contributed by atoms with van der Waals surface area (Å²) in [6.45, 7) is 2.56. The van der Waals surface area contributed by atoms with Gasteiger partial charge >= 0.3 is 0 Å². The lowest BCUT2D eigenvalue weighted by Crippen LogP contribution is -2.36. The first-order valence-electron chi connectivity index (χ1n) is 10.4. The second-order valence-corrected chi connectivity index (χ2v) is 8.31. The van der Waals surface area contributed by atoms with E-state index in [1.54, 1.807) is 6.20 Å². The highest BCUT2D eigenvalue weighted by Gasteiger charge is 2.29. The van der Waals surface area contributed by atoms with Gasteiger partial charge in [-0.1, -0.05) is 18.0 Å². The van der Waals surface area contributed by atoms with E-state index in [-0.39, 0.29) is 23.9 Å². The van der Waals surface area contributed by atoms with Crippen LogP contribution in [-0.4, -0.2) is 34.6 Å². The summed E-state index contributed by atoms with van der Waals surface area (Å²) in [5, 5.41) is 13.0. The molecule has 1 amide bonds. The fraction of sp³-hybridized carbons (Fsp3) is 0.476. The maximum Gasteiger partial charge on any atom is 0.220 e. The molecule has 30 heavy (non-hydrogen) atoms. The van der Waals surface area contributed by atoms with Gasteiger partial charge < -0.3 is 21.3 Å². The Bertz CT molecular complexity index is 915. The average molecular weight is 433 g/mol. The summed E-state index contributed by atoms with van der Waals surface area (Å²) in [7, 11) is 0. The van der Waals surface area contributed by atoms with Gasteiger partial charge in [-0.25, -0.2) is 14.4 Å². The van der Waals surface area contributed by atoms with Crippen molar-refractivity contribution in [2.24, 2.45) is 5.92 Å². The number of hydrogen-bond donors (Lipinski definition) is 4. The monoisotopic (exact) mass is 432 g/mol. The second kappa shape index (κ2) is 9.04. The van der Waals surface area contributed by atoms with Crippen molar-refractivity contribution in [2.45, 2.75) is 51.2 Å². The van der Waals surface area contributed by atoms with E-state index in [2.05, 4.69) is 31.2 Å². The van der Waals surface area contributed by atoms with Crippen LogP contribution in [0.15, 0.2) is 35.3 Å². The summed E-state index contributed by atoms with van der Waals surface area (Å²) in [6.07, 6.45) is 10.8. The van der Waals surface area contributed by atoms with Gasteiger partial charge in [-0.3, -0.25) is 4.79 Å². The Hall–Kier alpha value is -2.61. The minimum atomic E-state index is -0.485. The molecule has 0 spiro atoms. The van der Waals surface area contributed by atoms with Crippen LogP contribution in [0, 0.1) is 11.7 Å². The van der Waals surface area contributed by atoms with Gasteiger partial charge in [0.05, 0.1) is 11.2 Å². The van der Waals surface area contributed by atoms with Gasteiger partial charge in [-0.2, -0.15) is 0 Å². The van der Waals surface area contributed by atoms with Crippen LogP contribution in [0.4, 0.5) is 10.2 Å². The number of carbonyl (C=O) groups excluding carboxylic acids is 1. The number of nitrogens with zero attached hydrogens (tertiary/aromatic N) is 2. The number of dihydropyridines is 1. The van der Waals surface area contributed by atoms with E-state index in [0.29, 0.717) is 29.7 Å². The quantitative estimate of drug-likeness (QED) is 0.552. The number of carbonyl (C=O) groups is 1. The lowest BCUT2D eigenvalue weighted by Gasteiger charge is -2.30. The standard InChI is InChI=1S/C21H26ClFN6O/c1-2-24-18(30)7-12-4-3-5-14(6-12)28-21-17(23)11-27-20(29-21)16-10-26-19-15(16)8-13(22)9-25-19/h8-12,14,19,25-26H,2-7H2,1H3,(H,24,30)(H,27,28,29). The zero-order valence-electron chi connectivity index (χ0n) is 16.8. The van der Waals surface area contributed by atoms with Crippen molar-refractivity contribution in [1.29, 1.82) is 0 Å². The molecule has 1 saturated carbocycles. The van der Waals surface area contributed by atoms with Crippen molar-refractivity contribution in [3.05, 3.63) is 46.9 Å². The lowest BCUT2D eigenvalue weighted by atomic mass is 9.83. The summed E-state index contributed by atoms with van der Waals surface area (Å²) in [5.74, 6) is 0.515. The van der Waals surface area contributed by atoms with Gasteiger partial charge in [0.2, 0.25) is 5.91 Å². The zero-order valence-corrected chi connectivity index (χ0v) is 17.6. The number of aromatic nitrogens is 2. The highest BCUT2D eigenvalue weighted by molar-refractivity contribution is 6.31. The molecule has 4 N–H and O–H groups in total. The molecule has 9 heteroatoms. The number of fused-ring (bicyclic) bond motifs is 1. The molecule has 1 aromatic heterocycles. The van der Waals surface area contributed by atoms with Gasteiger partial charge in [0.25, 0.3) is 0 Å². The molecule has 3 unspecified atom stereocenters. The van der Waals surface area contributed by atoms with Crippen LogP contribution < -0.4 is 21.3 Å². The average Bonchev–Trinajstić information content (AvgIpc) is 3.13. The van der Waals surface area contributed by atoms with E-state index in [1.807, 2.05) is 19.2 Å². The Morgan fingerprint density at radius 1 is 1.33 bits per heavy atom. The molecule has 3 aliphatic rings. The van der Waals surface area contributed by atoms with Gasteiger partial charge in [0.15, 0.2) is 17.5 Å². The first-order chi connectivity index (χ1) is 14.5. The Labute approximate surface area is 180 Å². The lowest BCUT2D eigenvalue weighted by molar-refractivity contribution is -0.122. The summed E-state index contributed by atoms with van der Waals surface area (Å²) in [6, 6.07) is 0.0757. The largest absolute Gasteiger partial charge is 0.367 e. The van der Waals surface area contributed by atoms with E-state index < -0.39 is 5.82 Å². The van der Waals surface area contributed by atoms with E-state index in [1.165, 1.54) is 6.20 Å². The Morgan fingerprint density at radius 3 is 3.00 bits per heavy atom. The first kappa shape index (κ1) is 20.7. The van der Waals surface area contributed by atoms with Crippen molar-refractivity contribution >= 4 is 28.9 Å². The zero-order chi connectivity index (χ0) is 21.1. The topological polar surface area (TPSA) is 91.0 Å². The van der Waals surface area contributed by atoms with Crippen LogP contribution in [0.5, 0.6) is 0 Å². The normalized spacial score (nSPS) is 25.2. The molecule has 0 radical (unpaired) electrons. The smallest absolute Gasteiger partial charge is 0.220 e. The van der Waals surface area contributed by atoms with Gasteiger partial charge in [-0.15, -0.1) is 0 Å². The number of halogens is 2. The molecule has 4 rings (SSSR count). The second-order valence-electron chi connectivity index (χ2n) is 7.87. The van der Waals surface area contributed by atoms with Crippen LogP contribution >= 0.6 is 11.6 Å². The van der Waals surface area contributed by atoms with Crippen molar-refractivity contribution in [2.75, 3.05) is 11.9 Å². The first-order valence-corrected chi connectivity index (χ1v) is 10.8. The van der Waals surface area contributed by atoms with Gasteiger partial charge in [0, 0.05) is 42.6 Å². The molecule has 1 aliphatic carbocycles. The maximum atomic E-state index is 14.5. The summed E-state index contributed by atoms with van der Waals surface area (Å²) < 4.78 is 14.5. The number of amides is 1.